The third kappa shape index (κ3) is 7.91. The number of aliphatic hydroxyl groups is 1. The Morgan fingerprint density at radius 3 is 2.18 bits per heavy atom. The van der Waals surface area contributed by atoms with Crippen LogP contribution in [0.2, 0.25) is 0 Å². The Morgan fingerprint density at radius 2 is 1.71 bits per heavy atom. The van der Waals surface area contributed by atoms with Crippen LogP contribution in [0.3, 0.4) is 0 Å². The van der Waals surface area contributed by atoms with E-state index >= 15 is 0 Å². The molecule has 6 nitrogen and oxygen atoms in total. The molecule has 0 aliphatic heterocycles. The highest BCUT2D eigenvalue weighted by Crippen LogP contribution is 2.16. The average Bonchev–Trinajstić information content (AvgIpc) is 2.24. The van der Waals surface area contributed by atoms with Gasteiger partial charge < -0.3 is 26.0 Å². The van der Waals surface area contributed by atoms with Gasteiger partial charge in [-0.05, 0) is 0 Å². The van der Waals surface area contributed by atoms with Crippen molar-refractivity contribution in [3.05, 3.63) is 0 Å². The molecule has 0 fully saturated rings. The number of hydrogen-bond donors (Lipinski definition) is 3. The molecule has 2 atom stereocenters. The maximum absolute atomic E-state index is 11.7. The SMILES string of the molecule is N[C@H](CO)COC[C@@H](N)COC(=O)C(F)(F)F. The molecule has 17 heavy (non-hydrogen) atoms. The minimum Gasteiger partial charge on any atom is -0.457 e. The lowest BCUT2D eigenvalue weighted by Crippen LogP contribution is -2.38. The molecule has 0 aromatic rings. The number of esters is 1. The highest BCUT2D eigenvalue weighted by atomic mass is 19.4. The summed E-state index contributed by atoms with van der Waals surface area (Å²) in [6.45, 7) is -0.999. The summed E-state index contributed by atoms with van der Waals surface area (Å²) in [6, 6.07) is -1.47. The van der Waals surface area contributed by atoms with Crippen LogP contribution in [0.4, 0.5) is 13.2 Å². The van der Waals surface area contributed by atoms with E-state index in [1.54, 1.807) is 0 Å². The van der Waals surface area contributed by atoms with Crippen molar-refractivity contribution >= 4 is 5.97 Å². The molecule has 5 N–H and O–H groups in total. The number of hydrogen-bond acceptors (Lipinski definition) is 6. The molecule has 0 aliphatic carbocycles. The van der Waals surface area contributed by atoms with E-state index in [1.165, 1.54) is 0 Å². The largest absolute Gasteiger partial charge is 0.490 e. The number of alkyl halides is 3. The predicted octanol–water partition coefficient (Wildman–Crippen LogP) is -1.24. The smallest absolute Gasteiger partial charge is 0.457 e. The van der Waals surface area contributed by atoms with Crippen molar-refractivity contribution in [3.63, 3.8) is 0 Å². The summed E-state index contributed by atoms with van der Waals surface area (Å²) in [4.78, 5) is 10.3. The Kier molecular flexibility index (Phi) is 7.04. The first kappa shape index (κ1) is 16.1. The maximum atomic E-state index is 11.7. The second-order valence-corrected chi connectivity index (χ2v) is 3.34. The van der Waals surface area contributed by atoms with E-state index in [2.05, 4.69) is 4.74 Å². The molecule has 0 aromatic carbocycles. The number of carbonyl (C=O) groups is 1. The molecule has 0 radical (unpaired) electrons. The number of nitrogens with two attached hydrogens (primary N) is 2. The maximum Gasteiger partial charge on any atom is 0.490 e. The normalized spacial score (nSPS) is 15.4. The molecule has 0 saturated carbocycles. The molecular formula is C8H15F3N2O4. The molecule has 0 bridgehead atoms. The molecule has 0 aliphatic rings. The van der Waals surface area contributed by atoms with Crippen molar-refractivity contribution in [1.82, 2.24) is 0 Å². The van der Waals surface area contributed by atoms with E-state index in [0.717, 1.165) is 0 Å². The van der Waals surface area contributed by atoms with Gasteiger partial charge in [0.2, 0.25) is 0 Å². The van der Waals surface area contributed by atoms with Gasteiger partial charge in [0.1, 0.15) is 6.61 Å². The molecular weight excluding hydrogens is 245 g/mol. The van der Waals surface area contributed by atoms with E-state index in [-0.39, 0.29) is 19.8 Å². The number of ether oxygens (including phenoxy) is 2. The van der Waals surface area contributed by atoms with Gasteiger partial charge in [-0.2, -0.15) is 13.2 Å². The van der Waals surface area contributed by atoms with E-state index in [0.29, 0.717) is 0 Å². The zero-order valence-corrected chi connectivity index (χ0v) is 8.94. The minimum absolute atomic E-state index is 0.0113. The van der Waals surface area contributed by atoms with Gasteiger partial charge in [-0.15, -0.1) is 0 Å². The van der Waals surface area contributed by atoms with Crippen molar-refractivity contribution in [2.24, 2.45) is 11.5 Å². The molecule has 0 heterocycles. The van der Waals surface area contributed by atoms with Gasteiger partial charge in [0.05, 0.1) is 31.9 Å². The van der Waals surface area contributed by atoms with Gasteiger partial charge in [-0.1, -0.05) is 0 Å². The summed E-state index contributed by atoms with van der Waals surface area (Å²) in [5, 5.41) is 8.54. The van der Waals surface area contributed by atoms with Gasteiger partial charge in [0, 0.05) is 0 Å². The Morgan fingerprint density at radius 1 is 1.18 bits per heavy atom. The predicted molar refractivity (Wildman–Crippen MR) is 50.9 cm³/mol. The number of aliphatic hydroxyl groups excluding tert-OH is 1. The molecule has 9 heteroatoms. The molecule has 0 spiro atoms. The first-order chi connectivity index (χ1) is 7.77. The molecule has 102 valence electrons. The highest BCUT2D eigenvalue weighted by molar-refractivity contribution is 5.75. The van der Waals surface area contributed by atoms with Crippen LogP contribution in [0.25, 0.3) is 0 Å². The minimum atomic E-state index is -5.03. The Balaban J connectivity index is 3.67. The van der Waals surface area contributed by atoms with E-state index in [1.807, 2.05) is 0 Å². The van der Waals surface area contributed by atoms with Crippen LogP contribution >= 0.6 is 0 Å². The Hall–Kier alpha value is -0.900. The monoisotopic (exact) mass is 260 g/mol. The van der Waals surface area contributed by atoms with Crippen LogP contribution in [-0.4, -0.2) is 55.8 Å². The number of carbonyl (C=O) groups excluding carboxylic acids is 1. The Bertz CT molecular complexity index is 237. The van der Waals surface area contributed by atoms with Crippen LogP contribution in [0.15, 0.2) is 0 Å². The third-order valence-electron chi connectivity index (χ3n) is 1.56. The lowest BCUT2D eigenvalue weighted by Gasteiger charge is -2.15. The molecule has 0 saturated heterocycles. The molecule has 0 aromatic heterocycles. The van der Waals surface area contributed by atoms with Crippen LogP contribution in [0.5, 0.6) is 0 Å². The Labute approximate surface area is 95.7 Å². The fourth-order valence-electron chi connectivity index (χ4n) is 0.736. The fraction of sp³-hybridized carbons (Fsp3) is 0.875. The molecule has 0 amide bonds. The molecule has 0 rings (SSSR count). The topological polar surface area (TPSA) is 108 Å². The first-order valence-corrected chi connectivity index (χ1v) is 4.71. The van der Waals surface area contributed by atoms with Gasteiger partial charge in [-0.3, -0.25) is 0 Å². The zero-order valence-electron chi connectivity index (χ0n) is 8.94. The average molecular weight is 260 g/mol. The van der Waals surface area contributed by atoms with Crippen molar-refractivity contribution in [1.29, 1.82) is 0 Å². The van der Waals surface area contributed by atoms with Crippen LogP contribution in [-0.2, 0) is 14.3 Å². The summed E-state index contributed by atoms with van der Waals surface area (Å²) in [5.74, 6) is -2.29. The van der Waals surface area contributed by atoms with Gasteiger partial charge in [-0.25, -0.2) is 4.79 Å². The van der Waals surface area contributed by atoms with E-state index < -0.39 is 30.8 Å². The second-order valence-electron chi connectivity index (χ2n) is 3.34. The lowest BCUT2D eigenvalue weighted by molar-refractivity contribution is -0.200. The summed E-state index contributed by atoms with van der Waals surface area (Å²) < 4.78 is 43.9. The van der Waals surface area contributed by atoms with Crippen molar-refractivity contribution in [2.75, 3.05) is 26.4 Å². The summed E-state index contributed by atoms with van der Waals surface area (Å²) in [5.41, 5.74) is 10.6. The van der Waals surface area contributed by atoms with Crippen LogP contribution < -0.4 is 11.5 Å². The highest BCUT2D eigenvalue weighted by Gasteiger charge is 2.41. The van der Waals surface area contributed by atoms with E-state index in [4.69, 9.17) is 21.3 Å². The number of rotatable bonds is 7. The summed E-state index contributed by atoms with van der Waals surface area (Å²) >= 11 is 0. The summed E-state index contributed by atoms with van der Waals surface area (Å²) in [6.07, 6.45) is -5.03. The fourth-order valence-corrected chi connectivity index (χ4v) is 0.736. The van der Waals surface area contributed by atoms with Gasteiger partial charge in [0.25, 0.3) is 0 Å². The standard InChI is InChI=1S/C8H15F3N2O4/c9-8(10,11)7(15)17-4-6(13)3-16-2-5(12)1-14/h5-6,14H,1-4,12-13H2/t5-,6-/m1/s1. The van der Waals surface area contributed by atoms with Crippen LogP contribution in [0.1, 0.15) is 0 Å². The molecule has 0 unspecified atom stereocenters. The second kappa shape index (κ2) is 7.43. The third-order valence-corrected chi connectivity index (χ3v) is 1.56. The van der Waals surface area contributed by atoms with Crippen molar-refractivity contribution in [2.45, 2.75) is 18.3 Å². The quantitative estimate of drug-likeness (QED) is 0.494. The summed E-state index contributed by atoms with van der Waals surface area (Å²) in [7, 11) is 0. The zero-order chi connectivity index (χ0) is 13.5. The lowest BCUT2D eigenvalue weighted by atomic mass is 10.3. The number of halogens is 3. The van der Waals surface area contributed by atoms with Gasteiger partial charge >= 0.3 is 12.1 Å². The van der Waals surface area contributed by atoms with E-state index in [9.17, 15) is 18.0 Å². The van der Waals surface area contributed by atoms with Crippen LogP contribution in [0, 0.1) is 0 Å². The van der Waals surface area contributed by atoms with Crippen molar-refractivity contribution in [3.8, 4) is 0 Å². The van der Waals surface area contributed by atoms with Gasteiger partial charge in [0.15, 0.2) is 0 Å². The first-order valence-electron chi connectivity index (χ1n) is 4.71. The van der Waals surface area contributed by atoms with Crippen molar-refractivity contribution < 1.29 is 32.5 Å².